The molecule has 2 saturated carbocycles. The number of nitrogens with one attached hydrogen (secondary N) is 4. The van der Waals surface area contributed by atoms with Crippen LogP contribution in [-0.2, 0) is 19.9 Å². The van der Waals surface area contributed by atoms with Crippen LogP contribution in [0.3, 0.4) is 0 Å². The number of benzene rings is 2. The van der Waals surface area contributed by atoms with E-state index in [4.69, 9.17) is 21.1 Å². The topological polar surface area (TPSA) is 139 Å². The van der Waals surface area contributed by atoms with Crippen LogP contribution in [0.15, 0.2) is 54.9 Å². The Balaban J connectivity index is 1.17. The van der Waals surface area contributed by atoms with E-state index in [0.29, 0.717) is 35.7 Å². The van der Waals surface area contributed by atoms with E-state index in [-0.39, 0.29) is 24.5 Å². The van der Waals surface area contributed by atoms with Crippen molar-refractivity contribution in [2.24, 2.45) is 5.92 Å². The van der Waals surface area contributed by atoms with E-state index in [9.17, 15) is 22.8 Å². The Morgan fingerprint density at radius 2 is 1.76 bits per heavy atom. The van der Waals surface area contributed by atoms with Crippen LogP contribution in [0.5, 0.6) is 6.01 Å². The van der Waals surface area contributed by atoms with Crippen LogP contribution in [0.1, 0.15) is 44.6 Å². The number of carbonyl (C=O) groups excluding carboxylic acids is 2. The molecule has 1 aromatic heterocycles. The molecule has 2 aromatic carbocycles. The Kier molecular flexibility index (Phi) is 9.93. The van der Waals surface area contributed by atoms with Crippen LogP contribution in [0.4, 0.5) is 30.5 Å². The number of nitrogens with zero attached hydrogens (tertiary/aromatic N) is 3. The monoisotopic (exact) mass is 647 g/mol. The molecule has 2 fully saturated rings. The first kappa shape index (κ1) is 32.2. The van der Waals surface area contributed by atoms with Gasteiger partial charge in [0.05, 0.1) is 6.61 Å². The maximum absolute atomic E-state index is 14.0. The summed E-state index contributed by atoms with van der Waals surface area (Å²) >= 11 is 5.94. The number of ether oxygens (including phenoxy) is 2. The van der Waals surface area contributed by atoms with Gasteiger partial charge in [0.15, 0.2) is 0 Å². The molecule has 0 spiro atoms. The normalized spacial score (nSPS) is 19.3. The first-order valence-corrected chi connectivity index (χ1v) is 15.0. The molecule has 2 aliphatic rings. The summed E-state index contributed by atoms with van der Waals surface area (Å²) in [5, 5.41) is 12.2. The van der Waals surface area contributed by atoms with Gasteiger partial charge in [-0.3, -0.25) is 10.1 Å². The van der Waals surface area contributed by atoms with Crippen molar-refractivity contribution in [3.8, 4) is 6.01 Å². The third kappa shape index (κ3) is 8.51. The number of aromatic nitrogens is 3. The number of carbonyl (C=O) groups is 2. The number of alkyl halides is 3. The second-order valence-corrected chi connectivity index (χ2v) is 11.4. The van der Waals surface area contributed by atoms with Gasteiger partial charge in [-0.25, -0.2) is 9.78 Å². The third-order valence-electron chi connectivity index (χ3n) is 7.76. The van der Waals surface area contributed by atoms with E-state index in [1.165, 1.54) is 0 Å². The highest BCUT2D eigenvalue weighted by Gasteiger charge is 2.53. The van der Waals surface area contributed by atoms with Crippen molar-refractivity contribution in [2.45, 2.75) is 63.0 Å². The number of esters is 1. The summed E-state index contributed by atoms with van der Waals surface area (Å²) in [6.07, 6.45) is -2.22. The van der Waals surface area contributed by atoms with Gasteiger partial charge in [-0.1, -0.05) is 30.2 Å². The molecular weight excluding hydrogens is 615 g/mol. The highest BCUT2D eigenvalue weighted by atomic mass is 35.5. The van der Waals surface area contributed by atoms with Crippen LogP contribution in [-0.4, -0.2) is 58.4 Å². The van der Waals surface area contributed by atoms with Crippen LogP contribution in [0, 0.1) is 5.92 Å². The molecule has 3 aromatic rings. The van der Waals surface area contributed by atoms with Crippen LogP contribution < -0.4 is 26.0 Å². The highest BCUT2D eigenvalue weighted by Crippen LogP contribution is 2.47. The zero-order valence-corrected chi connectivity index (χ0v) is 25.1. The van der Waals surface area contributed by atoms with Crippen LogP contribution >= 0.6 is 11.6 Å². The molecule has 5 rings (SSSR count). The van der Waals surface area contributed by atoms with E-state index in [1.807, 2.05) is 12.1 Å². The molecule has 11 nitrogen and oxygen atoms in total. The van der Waals surface area contributed by atoms with E-state index in [1.54, 1.807) is 43.3 Å². The fourth-order valence-electron chi connectivity index (χ4n) is 5.30. The zero-order valence-electron chi connectivity index (χ0n) is 24.4. The minimum Gasteiger partial charge on any atom is -0.459 e. The Hall–Kier alpha value is -4.17. The molecule has 0 radical (unpaired) electrons. The van der Waals surface area contributed by atoms with Gasteiger partial charge in [0, 0.05) is 34.5 Å². The first-order valence-electron chi connectivity index (χ1n) is 14.6. The molecule has 0 aliphatic heterocycles. The number of amides is 1. The smallest absolute Gasteiger partial charge is 0.439 e. The molecule has 240 valence electrons. The lowest BCUT2D eigenvalue weighted by atomic mass is 10.0. The fourth-order valence-corrected chi connectivity index (χ4v) is 5.43. The van der Waals surface area contributed by atoms with Gasteiger partial charge in [-0.05, 0) is 80.5 Å². The predicted molar refractivity (Wildman–Crippen MR) is 160 cm³/mol. The van der Waals surface area contributed by atoms with Gasteiger partial charge in [0.1, 0.15) is 6.33 Å². The Morgan fingerprint density at radius 1 is 1.04 bits per heavy atom. The summed E-state index contributed by atoms with van der Waals surface area (Å²) in [4.78, 5) is 35.3. The van der Waals surface area contributed by atoms with Gasteiger partial charge in [0.25, 0.3) is 6.23 Å². The summed E-state index contributed by atoms with van der Waals surface area (Å²) in [7, 11) is 0. The second kappa shape index (κ2) is 13.9. The van der Waals surface area contributed by atoms with Crippen molar-refractivity contribution in [2.75, 3.05) is 23.8 Å². The van der Waals surface area contributed by atoms with Gasteiger partial charge in [-0.15, -0.1) is 0 Å². The number of hydrogen-bond donors (Lipinski definition) is 4. The van der Waals surface area contributed by atoms with Gasteiger partial charge < -0.3 is 25.4 Å². The number of halogens is 4. The number of hydrogen-bond acceptors (Lipinski definition) is 10. The van der Waals surface area contributed by atoms with Crippen molar-refractivity contribution in [3.05, 3.63) is 65.4 Å². The molecule has 1 amide bonds. The standard InChI is InChI=1S/C30H33ClF3N7O4/c1-2-44-25(43)24(42)35-16-18-4-3-5-23(18)38-21-10-12-22(13-11-21)39-27-36-17-37-28(40-27)45-26(30(32,33)34)41-29(14-15-29)19-6-8-20(31)9-7-19/h6-13,17-18,23,26,38,41H,2-5,14-16H2,1H3,(H,35,42)(H,36,37,39,40). The quantitative estimate of drug-likeness (QED) is 0.120. The summed E-state index contributed by atoms with van der Waals surface area (Å²) in [5.74, 6) is -1.49. The van der Waals surface area contributed by atoms with Crippen molar-refractivity contribution in [1.29, 1.82) is 0 Å². The van der Waals surface area contributed by atoms with Gasteiger partial charge in [-0.2, -0.15) is 23.1 Å². The van der Waals surface area contributed by atoms with E-state index < -0.39 is 35.8 Å². The molecule has 3 unspecified atom stereocenters. The lowest BCUT2D eigenvalue weighted by molar-refractivity contribution is -0.209. The summed E-state index contributed by atoms with van der Waals surface area (Å²) in [6, 6.07) is 13.5. The number of rotatable bonds is 12. The minimum absolute atomic E-state index is 0.00803. The average Bonchev–Trinajstić information content (AvgIpc) is 3.66. The first-order chi connectivity index (χ1) is 21.5. The van der Waals surface area contributed by atoms with E-state index >= 15 is 0 Å². The van der Waals surface area contributed by atoms with Crippen molar-refractivity contribution < 1.29 is 32.2 Å². The predicted octanol–water partition coefficient (Wildman–Crippen LogP) is 5.07. The maximum atomic E-state index is 14.0. The van der Waals surface area contributed by atoms with Gasteiger partial charge >= 0.3 is 24.1 Å². The van der Waals surface area contributed by atoms with Gasteiger partial charge in [0.2, 0.25) is 5.95 Å². The average molecular weight is 648 g/mol. The Labute approximate surface area is 262 Å². The molecule has 0 bridgehead atoms. The molecule has 4 N–H and O–H groups in total. The molecule has 1 heterocycles. The fraction of sp³-hybridized carbons (Fsp3) is 0.433. The molecule has 45 heavy (non-hydrogen) atoms. The van der Waals surface area contributed by atoms with E-state index in [2.05, 4.69) is 36.2 Å². The molecule has 15 heteroatoms. The maximum Gasteiger partial charge on any atom is 0.439 e. The highest BCUT2D eigenvalue weighted by molar-refractivity contribution is 6.32. The minimum atomic E-state index is -4.74. The third-order valence-corrected chi connectivity index (χ3v) is 8.01. The lowest BCUT2D eigenvalue weighted by Crippen LogP contribution is -2.51. The molecule has 0 saturated heterocycles. The summed E-state index contributed by atoms with van der Waals surface area (Å²) in [5.41, 5.74) is 1.23. The molecule has 3 atom stereocenters. The Morgan fingerprint density at radius 3 is 2.42 bits per heavy atom. The molecule has 2 aliphatic carbocycles. The Bertz CT molecular complexity index is 1470. The summed E-state index contributed by atoms with van der Waals surface area (Å²) in [6.45, 7) is 2.12. The number of anilines is 3. The SMILES string of the molecule is CCOC(=O)C(=O)NCC1CCCC1Nc1ccc(Nc2ncnc(OC(NC3(c4ccc(Cl)cc4)CC3)C(F)(F)F)n2)cc1. The van der Waals surface area contributed by atoms with Crippen LogP contribution in [0.25, 0.3) is 0 Å². The van der Waals surface area contributed by atoms with E-state index in [0.717, 1.165) is 31.3 Å². The zero-order chi connectivity index (χ0) is 32.0. The van der Waals surface area contributed by atoms with Crippen molar-refractivity contribution >= 4 is 40.8 Å². The van der Waals surface area contributed by atoms with Crippen molar-refractivity contribution in [1.82, 2.24) is 25.6 Å². The summed E-state index contributed by atoms with van der Waals surface area (Å²) < 4.78 is 51.9. The largest absolute Gasteiger partial charge is 0.459 e. The molecular formula is C30H33ClF3N7O4. The lowest BCUT2D eigenvalue weighted by Gasteiger charge is -2.27. The van der Waals surface area contributed by atoms with Crippen molar-refractivity contribution in [3.63, 3.8) is 0 Å². The second-order valence-electron chi connectivity index (χ2n) is 10.9. The van der Waals surface area contributed by atoms with Crippen LogP contribution in [0.2, 0.25) is 5.02 Å².